The topological polar surface area (TPSA) is 174 Å². The minimum absolute atomic E-state index is 0.0232. The molecule has 0 heterocycles. The van der Waals surface area contributed by atoms with E-state index in [1.807, 2.05) is 20.8 Å². The highest BCUT2D eigenvalue weighted by Gasteiger charge is 2.26. The second-order valence-corrected chi connectivity index (χ2v) is 11.7. The molecule has 0 spiro atoms. The Balaban J connectivity index is 1.48. The zero-order valence-corrected chi connectivity index (χ0v) is 25.8. The Morgan fingerprint density at radius 1 is 0.733 bits per heavy atom. The van der Waals surface area contributed by atoms with E-state index in [9.17, 15) is 14.4 Å². The van der Waals surface area contributed by atoms with E-state index in [1.165, 1.54) is 0 Å². The van der Waals surface area contributed by atoms with Gasteiger partial charge in [0.1, 0.15) is 28.6 Å². The lowest BCUT2D eigenvalue weighted by atomic mass is 9.91. The van der Waals surface area contributed by atoms with Gasteiger partial charge in [0.05, 0.1) is 0 Å². The number of benzene rings is 3. The number of amides is 3. The minimum Gasteiger partial charge on any atom is -0.457 e. The number of carbonyl (C=O) groups is 3. The van der Waals surface area contributed by atoms with E-state index in [1.54, 1.807) is 73.8 Å². The average Bonchev–Trinajstić information content (AvgIpc) is 3.01. The SMILES string of the molecule is CNC(=O)c1ccc(Oc2cc(Oc3ccc(/C(N)=N/O)cc3)cc(C(=O)NC3CCC(NC(=O)OC(C)(C)C)CC3)c2)cc1. The normalized spacial score (nSPS) is 16.7. The molecule has 1 aliphatic rings. The van der Waals surface area contributed by atoms with Gasteiger partial charge in [-0.3, -0.25) is 9.59 Å². The lowest BCUT2D eigenvalue weighted by Gasteiger charge is -2.30. The van der Waals surface area contributed by atoms with Crippen LogP contribution in [-0.2, 0) is 4.74 Å². The third-order valence-electron chi connectivity index (χ3n) is 7.00. The summed E-state index contributed by atoms with van der Waals surface area (Å²) in [6.45, 7) is 5.46. The standard InChI is InChI=1S/C33H39N5O7/c1-33(2,3)45-32(41)37-24-11-9-23(10-12-24)36-31(40)22-17-27(43-25-13-5-20(6-14-25)29(34)38-42)19-28(18-22)44-26-15-7-21(8-16-26)30(39)35-4/h5-8,13-19,23-24,42H,9-12H2,1-4H3,(H2,34,38)(H,35,39)(H,36,40)(H,37,41). The number of hydrogen-bond donors (Lipinski definition) is 5. The summed E-state index contributed by atoms with van der Waals surface area (Å²) in [5, 5.41) is 20.5. The van der Waals surface area contributed by atoms with E-state index in [0.29, 0.717) is 65.4 Å². The number of oxime groups is 1. The van der Waals surface area contributed by atoms with E-state index < -0.39 is 11.7 Å². The van der Waals surface area contributed by atoms with Gasteiger partial charge < -0.3 is 41.1 Å². The summed E-state index contributed by atoms with van der Waals surface area (Å²) in [7, 11) is 1.56. The van der Waals surface area contributed by atoms with E-state index in [2.05, 4.69) is 21.1 Å². The van der Waals surface area contributed by atoms with Crippen LogP contribution in [-0.4, -0.2) is 53.7 Å². The largest absolute Gasteiger partial charge is 0.457 e. The summed E-state index contributed by atoms with van der Waals surface area (Å²) in [5.74, 6) is 1.07. The summed E-state index contributed by atoms with van der Waals surface area (Å²) in [6, 6.07) is 18.0. The zero-order valence-electron chi connectivity index (χ0n) is 25.8. The Labute approximate surface area is 261 Å². The highest BCUT2D eigenvalue weighted by atomic mass is 16.6. The molecule has 238 valence electrons. The molecule has 0 bridgehead atoms. The number of ether oxygens (including phenoxy) is 3. The molecule has 4 rings (SSSR count). The number of hydrogen-bond acceptors (Lipinski definition) is 8. The molecule has 0 unspecified atom stereocenters. The van der Waals surface area contributed by atoms with Crippen molar-refractivity contribution in [3.63, 3.8) is 0 Å². The molecule has 1 aliphatic carbocycles. The van der Waals surface area contributed by atoms with Gasteiger partial charge in [0.25, 0.3) is 11.8 Å². The zero-order chi connectivity index (χ0) is 32.6. The van der Waals surface area contributed by atoms with Crippen molar-refractivity contribution in [1.82, 2.24) is 16.0 Å². The smallest absolute Gasteiger partial charge is 0.407 e. The number of carbonyl (C=O) groups excluding carboxylic acids is 3. The number of nitrogens with one attached hydrogen (secondary N) is 3. The summed E-state index contributed by atoms with van der Waals surface area (Å²) in [5.41, 5.74) is 6.40. The fourth-order valence-corrected chi connectivity index (χ4v) is 4.79. The van der Waals surface area contributed by atoms with Gasteiger partial charge in [-0.1, -0.05) is 5.16 Å². The third-order valence-corrected chi connectivity index (χ3v) is 7.00. The quantitative estimate of drug-likeness (QED) is 0.0932. The van der Waals surface area contributed by atoms with Gasteiger partial charge in [-0.2, -0.15) is 0 Å². The molecule has 3 aromatic carbocycles. The first-order chi connectivity index (χ1) is 21.4. The Bertz CT molecular complexity index is 1520. The molecule has 6 N–H and O–H groups in total. The van der Waals surface area contributed by atoms with Crippen LogP contribution >= 0.6 is 0 Å². The molecule has 3 aromatic rings. The van der Waals surface area contributed by atoms with E-state index in [0.717, 1.165) is 0 Å². The number of nitrogens with zero attached hydrogens (tertiary/aromatic N) is 1. The molecule has 1 fully saturated rings. The second kappa shape index (κ2) is 14.5. The first-order valence-corrected chi connectivity index (χ1v) is 14.6. The second-order valence-electron chi connectivity index (χ2n) is 11.7. The molecular weight excluding hydrogens is 578 g/mol. The highest BCUT2D eigenvalue weighted by molar-refractivity contribution is 5.97. The number of rotatable bonds is 9. The van der Waals surface area contributed by atoms with Gasteiger partial charge >= 0.3 is 6.09 Å². The third kappa shape index (κ3) is 9.62. The van der Waals surface area contributed by atoms with Gasteiger partial charge in [0.2, 0.25) is 0 Å². The number of nitrogens with two attached hydrogens (primary N) is 1. The van der Waals surface area contributed by atoms with Crippen LogP contribution in [0, 0.1) is 0 Å². The van der Waals surface area contributed by atoms with Crippen molar-refractivity contribution in [2.24, 2.45) is 10.9 Å². The molecule has 12 nitrogen and oxygen atoms in total. The van der Waals surface area contributed by atoms with Crippen LogP contribution in [0.25, 0.3) is 0 Å². The van der Waals surface area contributed by atoms with Gasteiger partial charge in [0, 0.05) is 41.9 Å². The maximum absolute atomic E-state index is 13.4. The highest BCUT2D eigenvalue weighted by Crippen LogP contribution is 2.31. The lowest BCUT2D eigenvalue weighted by molar-refractivity contribution is 0.0487. The minimum atomic E-state index is -0.572. The first-order valence-electron chi connectivity index (χ1n) is 14.6. The van der Waals surface area contributed by atoms with Crippen LogP contribution in [0.3, 0.4) is 0 Å². The van der Waals surface area contributed by atoms with E-state index in [-0.39, 0.29) is 29.7 Å². The molecule has 0 aliphatic heterocycles. The van der Waals surface area contributed by atoms with Crippen LogP contribution in [0.5, 0.6) is 23.0 Å². The predicted octanol–water partition coefficient (Wildman–Crippen LogP) is 5.29. The lowest BCUT2D eigenvalue weighted by Crippen LogP contribution is -2.45. The molecule has 0 aromatic heterocycles. The van der Waals surface area contributed by atoms with Crippen molar-refractivity contribution >= 4 is 23.7 Å². The van der Waals surface area contributed by atoms with Crippen molar-refractivity contribution in [2.45, 2.75) is 64.1 Å². The summed E-state index contributed by atoms with van der Waals surface area (Å²) in [4.78, 5) is 37.5. The average molecular weight is 618 g/mol. The maximum Gasteiger partial charge on any atom is 0.407 e. The Morgan fingerprint density at radius 3 is 1.69 bits per heavy atom. The maximum atomic E-state index is 13.4. The molecule has 0 radical (unpaired) electrons. The molecular formula is C33H39N5O7. The van der Waals surface area contributed by atoms with Crippen LogP contribution in [0.2, 0.25) is 0 Å². The monoisotopic (exact) mass is 617 g/mol. The van der Waals surface area contributed by atoms with Crippen LogP contribution in [0.15, 0.2) is 71.9 Å². The van der Waals surface area contributed by atoms with Crippen LogP contribution in [0.1, 0.15) is 72.7 Å². The molecule has 12 heteroatoms. The first kappa shape index (κ1) is 32.6. The van der Waals surface area contributed by atoms with Gasteiger partial charge in [-0.25, -0.2) is 4.79 Å². The Morgan fingerprint density at radius 2 is 1.22 bits per heavy atom. The molecule has 0 saturated heterocycles. The van der Waals surface area contributed by atoms with E-state index >= 15 is 0 Å². The van der Waals surface area contributed by atoms with Gasteiger partial charge in [-0.15, -0.1) is 0 Å². The molecule has 3 amide bonds. The summed E-state index contributed by atoms with van der Waals surface area (Å²) in [6.07, 6.45) is 2.35. The van der Waals surface area contributed by atoms with Crippen LogP contribution in [0.4, 0.5) is 4.79 Å². The van der Waals surface area contributed by atoms with Crippen molar-refractivity contribution in [2.75, 3.05) is 7.05 Å². The predicted molar refractivity (Wildman–Crippen MR) is 168 cm³/mol. The van der Waals surface area contributed by atoms with E-state index in [4.69, 9.17) is 25.2 Å². The fraction of sp³-hybridized carbons (Fsp3) is 0.333. The van der Waals surface area contributed by atoms with Crippen molar-refractivity contribution < 1.29 is 33.8 Å². The van der Waals surface area contributed by atoms with Gasteiger partial charge in [0.15, 0.2) is 5.84 Å². The van der Waals surface area contributed by atoms with Crippen molar-refractivity contribution in [3.05, 3.63) is 83.4 Å². The number of amidine groups is 1. The molecule has 45 heavy (non-hydrogen) atoms. The number of alkyl carbamates (subject to hydrolysis) is 1. The van der Waals surface area contributed by atoms with Crippen molar-refractivity contribution in [1.29, 1.82) is 0 Å². The molecule has 0 atom stereocenters. The van der Waals surface area contributed by atoms with Crippen molar-refractivity contribution in [3.8, 4) is 23.0 Å². The Kier molecular flexibility index (Phi) is 10.5. The van der Waals surface area contributed by atoms with Crippen LogP contribution < -0.4 is 31.2 Å². The summed E-state index contributed by atoms with van der Waals surface area (Å²) >= 11 is 0. The summed E-state index contributed by atoms with van der Waals surface area (Å²) < 4.78 is 17.5. The fourth-order valence-electron chi connectivity index (χ4n) is 4.79. The molecule has 1 saturated carbocycles. The Hall–Kier alpha value is -5.26. The van der Waals surface area contributed by atoms with Gasteiger partial charge in [-0.05, 0) is 107 Å².